The van der Waals surface area contributed by atoms with Gasteiger partial charge in [0.15, 0.2) is 0 Å². The Hall–Kier alpha value is -0.370. The fraction of sp³-hybridized carbons (Fsp3) is 0.900. The molecule has 0 amide bonds. The predicted molar refractivity (Wildman–Crippen MR) is 53.8 cm³/mol. The second kappa shape index (κ2) is 7.29. The van der Waals surface area contributed by atoms with Gasteiger partial charge in [-0.05, 0) is 18.8 Å². The number of aliphatic imine (C=N–C) groups is 1. The van der Waals surface area contributed by atoms with Gasteiger partial charge in [-0.1, -0.05) is 27.2 Å². The minimum atomic E-state index is 0.171. The summed E-state index contributed by atoms with van der Waals surface area (Å²) in [5, 5.41) is 8.59. The lowest BCUT2D eigenvalue weighted by molar-refractivity contribution is 0.306. The first-order valence-corrected chi connectivity index (χ1v) is 4.87. The largest absolute Gasteiger partial charge is 0.394 e. The zero-order valence-electron chi connectivity index (χ0n) is 8.51. The van der Waals surface area contributed by atoms with Crippen molar-refractivity contribution in [2.45, 2.75) is 40.0 Å². The number of nitrogens with zero attached hydrogens (tertiary/aromatic N) is 1. The summed E-state index contributed by atoms with van der Waals surface area (Å²) in [6.07, 6.45) is 3.31. The number of aliphatic hydroxyl groups is 1. The maximum atomic E-state index is 8.59. The van der Waals surface area contributed by atoms with E-state index in [4.69, 9.17) is 5.11 Å². The third-order valence-corrected chi connectivity index (χ3v) is 2.12. The van der Waals surface area contributed by atoms with Crippen LogP contribution in [0.3, 0.4) is 0 Å². The lowest BCUT2D eigenvalue weighted by Crippen LogP contribution is -2.05. The van der Waals surface area contributed by atoms with E-state index in [0.717, 1.165) is 18.8 Å². The molecule has 0 aromatic rings. The molecule has 0 fully saturated rings. The molecule has 1 N–H and O–H groups in total. The topological polar surface area (TPSA) is 32.6 Å². The summed E-state index contributed by atoms with van der Waals surface area (Å²) < 4.78 is 0. The van der Waals surface area contributed by atoms with Crippen molar-refractivity contribution in [1.82, 2.24) is 0 Å². The Morgan fingerprint density at radius 1 is 1.42 bits per heavy atom. The highest BCUT2D eigenvalue weighted by molar-refractivity contribution is 5.84. The van der Waals surface area contributed by atoms with E-state index in [1.807, 2.05) is 0 Å². The SMILES string of the molecule is CCC(CC(C)CC)=NCCO. The molecule has 2 nitrogen and oxygen atoms in total. The molecule has 72 valence electrons. The molecule has 2 heteroatoms. The van der Waals surface area contributed by atoms with E-state index in [0.29, 0.717) is 6.54 Å². The van der Waals surface area contributed by atoms with Crippen molar-refractivity contribution in [1.29, 1.82) is 0 Å². The zero-order chi connectivity index (χ0) is 9.40. The summed E-state index contributed by atoms with van der Waals surface area (Å²) in [4.78, 5) is 4.32. The monoisotopic (exact) mass is 171 g/mol. The van der Waals surface area contributed by atoms with Gasteiger partial charge in [-0.2, -0.15) is 0 Å². The van der Waals surface area contributed by atoms with Crippen LogP contribution in [0.5, 0.6) is 0 Å². The summed E-state index contributed by atoms with van der Waals surface area (Å²) in [5.74, 6) is 0.724. The van der Waals surface area contributed by atoms with Crippen LogP contribution < -0.4 is 0 Å². The van der Waals surface area contributed by atoms with Gasteiger partial charge < -0.3 is 5.11 Å². The Labute approximate surface area is 75.7 Å². The first-order valence-electron chi connectivity index (χ1n) is 4.87. The highest BCUT2D eigenvalue weighted by Crippen LogP contribution is 2.09. The molecule has 0 heterocycles. The van der Waals surface area contributed by atoms with Crippen molar-refractivity contribution < 1.29 is 5.11 Å². The van der Waals surface area contributed by atoms with Crippen LogP contribution in [-0.2, 0) is 0 Å². The zero-order valence-corrected chi connectivity index (χ0v) is 8.51. The van der Waals surface area contributed by atoms with Crippen molar-refractivity contribution in [3.8, 4) is 0 Å². The molecule has 0 aliphatic carbocycles. The third kappa shape index (κ3) is 5.30. The molecule has 0 aromatic carbocycles. The Balaban J connectivity index is 3.81. The molecular weight excluding hydrogens is 150 g/mol. The molecule has 0 radical (unpaired) electrons. The molecule has 0 saturated carbocycles. The summed E-state index contributed by atoms with van der Waals surface area (Å²) in [7, 11) is 0. The predicted octanol–water partition coefficient (Wildman–Crippen LogP) is 2.27. The van der Waals surface area contributed by atoms with Crippen molar-refractivity contribution in [2.24, 2.45) is 10.9 Å². The van der Waals surface area contributed by atoms with E-state index >= 15 is 0 Å². The summed E-state index contributed by atoms with van der Waals surface area (Å²) in [6, 6.07) is 0. The fourth-order valence-electron chi connectivity index (χ4n) is 1.08. The molecule has 1 unspecified atom stereocenters. The van der Waals surface area contributed by atoms with Gasteiger partial charge in [0.2, 0.25) is 0 Å². The Morgan fingerprint density at radius 3 is 2.50 bits per heavy atom. The van der Waals surface area contributed by atoms with Crippen LogP contribution >= 0.6 is 0 Å². The molecule has 12 heavy (non-hydrogen) atoms. The van der Waals surface area contributed by atoms with Gasteiger partial charge in [0.1, 0.15) is 0 Å². The highest BCUT2D eigenvalue weighted by atomic mass is 16.3. The molecular formula is C10H21NO. The molecule has 0 aliphatic heterocycles. The van der Waals surface area contributed by atoms with Crippen LogP contribution in [0.2, 0.25) is 0 Å². The van der Waals surface area contributed by atoms with Crippen molar-refractivity contribution >= 4 is 5.71 Å². The Kier molecular flexibility index (Phi) is 7.06. The first-order chi connectivity index (χ1) is 5.74. The van der Waals surface area contributed by atoms with Gasteiger partial charge in [-0.3, -0.25) is 4.99 Å². The average Bonchev–Trinajstić information content (AvgIpc) is 2.11. The van der Waals surface area contributed by atoms with Gasteiger partial charge in [0, 0.05) is 5.71 Å². The van der Waals surface area contributed by atoms with E-state index in [2.05, 4.69) is 25.8 Å². The van der Waals surface area contributed by atoms with Crippen molar-refractivity contribution in [3.05, 3.63) is 0 Å². The van der Waals surface area contributed by atoms with E-state index in [9.17, 15) is 0 Å². The van der Waals surface area contributed by atoms with Crippen LogP contribution in [0.1, 0.15) is 40.0 Å². The van der Waals surface area contributed by atoms with E-state index < -0.39 is 0 Å². The van der Waals surface area contributed by atoms with Crippen molar-refractivity contribution in [3.63, 3.8) is 0 Å². The van der Waals surface area contributed by atoms with Crippen LogP contribution in [-0.4, -0.2) is 24.0 Å². The van der Waals surface area contributed by atoms with E-state index in [-0.39, 0.29) is 6.61 Å². The van der Waals surface area contributed by atoms with Crippen molar-refractivity contribution in [2.75, 3.05) is 13.2 Å². The van der Waals surface area contributed by atoms with Crippen LogP contribution in [0.25, 0.3) is 0 Å². The maximum Gasteiger partial charge on any atom is 0.0626 e. The minimum Gasteiger partial charge on any atom is -0.394 e. The molecule has 0 aliphatic rings. The first kappa shape index (κ1) is 11.6. The number of hydrogen-bond donors (Lipinski definition) is 1. The summed E-state index contributed by atoms with van der Waals surface area (Å²) in [6.45, 7) is 7.30. The van der Waals surface area contributed by atoms with Gasteiger partial charge in [0.25, 0.3) is 0 Å². The van der Waals surface area contributed by atoms with E-state index in [1.54, 1.807) is 0 Å². The Bertz CT molecular complexity index is 132. The quantitative estimate of drug-likeness (QED) is 0.611. The average molecular weight is 171 g/mol. The van der Waals surface area contributed by atoms with Gasteiger partial charge in [-0.25, -0.2) is 0 Å². The second-order valence-electron chi connectivity index (χ2n) is 3.24. The van der Waals surface area contributed by atoms with E-state index in [1.165, 1.54) is 12.1 Å². The molecule has 1 atom stereocenters. The highest BCUT2D eigenvalue weighted by Gasteiger charge is 2.02. The summed E-state index contributed by atoms with van der Waals surface area (Å²) in [5.41, 5.74) is 1.25. The number of aliphatic hydroxyl groups excluding tert-OH is 1. The van der Waals surface area contributed by atoms with Crippen LogP contribution in [0.15, 0.2) is 4.99 Å². The number of hydrogen-bond acceptors (Lipinski definition) is 2. The molecule has 0 saturated heterocycles. The third-order valence-electron chi connectivity index (χ3n) is 2.12. The number of rotatable bonds is 6. The van der Waals surface area contributed by atoms with Crippen LogP contribution in [0, 0.1) is 5.92 Å². The van der Waals surface area contributed by atoms with Gasteiger partial charge >= 0.3 is 0 Å². The normalized spacial score (nSPS) is 14.8. The smallest absolute Gasteiger partial charge is 0.0626 e. The summed E-state index contributed by atoms with van der Waals surface area (Å²) >= 11 is 0. The molecule has 0 aromatic heterocycles. The second-order valence-corrected chi connectivity index (χ2v) is 3.24. The lowest BCUT2D eigenvalue weighted by atomic mass is 10.0. The minimum absolute atomic E-state index is 0.171. The molecule has 0 rings (SSSR count). The van der Waals surface area contributed by atoms with Gasteiger partial charge in [0.05, 0.1) is 13.2 Å². The maximum absolute atomic E-state index is 8.59. The molecule has 0 spiro atoms. The molecule has 0 bridgehead atoms. The Morgan fingerprint density at radius 2 is 2.08 bits per heavy atom. The van der Waals surface area contributed by atoms with Gasteiger partial charge in [-0.15, -0.1) is 0 Å². The van der Waals surface area contributed by atoms with Crippen LogP contribution in [0.4, 0.5) is 0 Å². The fourth-order valence-corrected chi connectivity index (χ4v) is 1.08. The lowest BCUT2D eigenvalue weighted by Gasteiger charge is -2.09. The standard InChI is InChI=1S/C10H21NO/c1-4-9(3)8-10(5-2)11-6-7-12/h9,12H,4-8H2,1-3H3.